The summed E-state index contributed by atoms with van der Waals surface area (Å²) in [4.78, 5) is 0. The van der Waals surface area contributed by atoms with Crippen molar-refractivity contribution in [2.45, 2.75) is 13.3 Å². The van der Waals surface area contributed by atoms with E-state index in [2.05, 4.69) is 0 Å². The summed E-state index contributed by atoms with van der Waals surface area (Å²) in [6.07, 6.45) is 0.735. The molecule has 0 aliphatic heterocycles. The Morgan fingerprint density at radius 3 is 2.24 bits per heavy atom. The van der Waals surface area contributed by atoms with E-state index < -0.39 is 0 Å². The van der Waals surface area contributed by atoms with Crippen LogP contribution in [0.2, 0.25) is 0 Å². The molecule has 0 saturated heterocycles. The van der Waals surface area contributed by atoms with Gasteiger partial charge in [-0.1, -0.05) is 31.2 Å². The average Bonchev–Trinajstić information content (AvgIpc) is 2.33. The zero-order valence-corrected chi connectivity index (χ0v) is 9.51. The topological polar surface area (TPSA) is 60.7 Å². The smallest absolute Gasteiger partial charge is 0.165 e. The van der Waals surface area contributed by atoms with Gasteiger partial charge in [0.1, 0.15) is 5.75 Å². The van der Waals surface area contributed by atoms with Gasteiger partial charge >= 0.3 is 0 Å². The van der Waals surface area contributed by atoms with Gasteiger partial charge in [0.05, 0.1) is 0 Å². The summed E-state index contributed by atoms with van der Waals surface area (Å²) in [6, 6.07) is 9.93. The first-order chi connectivity index (χ1) is 8.15. The maximum absolute atomic E-state index is 9.90. The van der Waals surface area contributed by atoms with Gasteiger partial charge in [0.15, 0.2) is 11.5 Å². The van der Waals surface area contributed by atoms with Crippen molar-refractivity contribution in [1.82, 2.24) is 0 Å². The Balaban J connectivity index is 2.72. The van der Waals surface area contributed by atoms with Crippen LogP contribution in [0.4, 0.5) is 0 Å². The van der Waals surface area contributed by atoms with E-state index in [4.69, 9.17) is 0 Å². The van der Waals surface area contributed by atoms with E-state index in [9.17, 15) is 15.3 Å². The predicted molar refractivity (Wildman–Crippen MR) is 66.3 cm³/mol. The Labute approximate surface area is 99.6 Å². The molecule has 0 bridgehead atoms. The molecule has 0 spiro atoms. The molecule has 0 fully saturated rings. The molecule has 3 heteroatoms. The van der Waals surface area contributed by atoms with Gasteiger partial charge in [0, 0.05) is 11.1 Å². The summed E-state index contributed by atoms with van der Waals surface area (Å²) in [6.45, 7) is 1.97. The van der Waals surface area contributed by atoms with Crippen molar-refractivity contribution in [2.75, 3.05) is 0 Å². The van der Waals surface area contributed by atoms with E-state index in [1.807, 2.05) is 13.0 Å². The van der Waals surface area contributed by atoms with Gasteiger partial charge in [-0.3, -0.25) is 0 Å². The molecule has 3 nitrogen and oxygen atoms in total. The Hall–Kier alpha value is -2.16. The van der Waals surface area contributed by atoms with Crippen molar-refractivity contribution in [1.29, 1.82) is 0 Å². The number of phenols is 3. The van der Waals surface area contributed by atoms with Crippen LogP contribution in [0.1, 0.15) is 12.5 Å². The van der Waals surface area contributed by atoms with Gasteiger partial charge in [-0.15, -0.1) is 0 Å². The molecule has 0 aromatic heterocycles. The average molecular weight is 230 g/mol. The van der Waals surface area contributed by atoms with E-state index in [1.165, 1.54) is 6.07 Å². The van der Waals surface area contributed by atoms with Crippen molar-refractivity contribution in [2.24, 2.45) is 0 Å². The lowest BCUT2D eigenvalue weighted by Gasteiger charge is -2.12. The molecule has 2 aromatic carbocycles. The number of benzene rings is 2. The number of aryl methyl sites for hydroxylation is 1. The van der Waals surface area contributed by atoms with E-state index in [0.29, 0.717) is 11.1 Å². The minimum absolute atomic E-state index is 0.102. The summed E-state index contributed by atoms with van der Waals surface area (Å²) in [7, 11) is 0. The first-order valence-electron chi connectivity index (χ1n) is 5.47. The number of hydrogen-bond donors (Lipinski definition) is 3. The molecule has 0 atom stereocenters. The SMILES string of the molecule is CCc1cccc(O)c1-c1cccc(O)c1O. The van der Waals surface area contributed by atoms with Crippen LogP contribution in [0.25, 0.3) is 11.1 Å². The normalized spacial score (nSPS) is 10.4. The van der Waals surface area contributed by atoms with Crippen molar-refractivity contribution in [3.63, 3.8) is 0 Å². The molecule has 0 heterocycles. The Morgan fingerprint density at radius 1 is 0.882 bits per heavy atom. The zero-order chi connectivity index (χ0) is 12.4. The molecular formula is C14H14O3. The summed E-state index contributed by atoms with van der Waals surface area (Å²) in [5.74, 6) is -0.290. The number of para-hydroxylation sites is 1. The third kappa shape index (κ3) is 1.91. The van der Waals surface area contributed by atoms with Gasteiger partial charge in [-0.05, 0) is 24.1 Å². The van der Waals surface area contributed by atoms with Crippen LogP contribution in [-0.2, 0) is 6.42 Å². The van der Waals surface area contributed by atoms with Crippen molar-refractivity contribution in [3.05, 3.63) is 42.0 Å². The summed E-state index contributed by atoms with van der Waals surface area (Å²) in [5.41, 5.74) is 1.94. The first-order valence-corrected chi connectivity index (χ1v) is 5.47. The fourth-order valence-electron chi connectivity index (χ4n) is 1.93. The monoisotopic (exact) mass is 230 g/mol. The van der Waals surface area contributed by atoms with Crippen LogP contribution >= 0.6 is 0 Å². The van der Waals surface area contributed by atoms with E-state index in [0.717, 1.165) is 12.0 Å². The molecule has 0 radical (unpaired) electrons. The van der Waals surface area contributed by atoms with Crippen LogP contribution in [0.3, 0.4) is 0 Å². The number of aromatic hydroxyl groups is 3. The fourth-order valence-corrected chi connectivity index (χ4v) is 1.93. The van der Waals surface area contributed by atoms with E-state index >= 15 is 0 Å². The molecule has 0 saturated carbocycles. The minimum atomic E-state index is -0.205. The summed E-state index contributed by atoms with van der Waals surface area (Å²) in [5, 5.41) is 29.2. The zero-order valence-electron chi connectivity index (χ0n) is 9.51. The Kier molecular flexibility index (Phi) is 2.91. The molecule has 0 aliphatic rings. The van der Waals surface area contributed by atoms with Crippen LogP contribution in [-0.4, -0.2) is 15.3 Å². The Bertz CT molecular complexity index is 547. The van der Waals surface area contributed by atoms with Crippen molar-refractivity contribution in [3.8, 4) is 28.4 Å². The van der Waals surface area contributed by atoms with Gasteiger partial charge in [-0.2, -0.15) is 0 Å². The van der Waals surface area contributed by atoms with Crippen molar-refractivity contribution < 1.29 is 15.3 Å². The quantitative estimate of drug-likeness (QED) is 0.695. The maximum Gasteiger partial charge on any atom is 0.165 e. The lowest BCUT2D eigenvalue weighted by Crippen LogP contribution is -1.89. The molecule has 3 N–H and O–H groups in total. The second-order valence-corrected chi connectivity index (χ2v) is 3.84. The second-order valence-electron chi connectivity index (χ2n) is 3.84. The third-order valence-corrected chi connectivity index (χ3v) is 2.79. The van der Waals surface area contributed by atoms with Crippen molar-refractivity contribution >= 4 is 0 Å². The fraction of sp³-hybridized carbons (Fsp3) is 0.143. The number of hydrogen-bond acceptors (Lipinski definition) is 3. The second kappa shape index (κ2) is 4.37. The van der Waals surface area contributed by atoms with Gasteiger partial charge < -0.3 is 15.3 Å². The molecule has 0 amide bonds. The number of rotatable bonds is 2. The summed E-state index contributed by atoms with van der Waals surface area (Å²) >= 11 is 0. The third-order valence-electron chi connectivity index (χ3n) is 2.79. The van der Waals surface area contributed by atoms with Crippen LogP contribution < -0.4 is 0 Å². The highest BCUT2D eigenvalue weighted by Crippen LogP contribution is 2.41. The van der Waals surface area contributed by atoms with E-state index in [-0.39, 0.29) is 17.2 Å². The maximum atomic E-state index is 9.90. The highest BCUT2D eigenvalue weighted by molar-refractivity contribution is 5.80. The van der Waals surface area contributed by atoms with Crippen LogP contribution in [0.15, 0.2) is 36.4 Å². The molecule has 17 heavy (non-hydrogen) atoms. The molecule has 0 unspecified atom stereocenters. The standard InChI is InChI=1S/C14H14O3/c1-2-9-5-3-7-11(15)13(9)10-6-4-8-12(16)14(10)17/h3-8,15-17H,2H2,1H3. The summed E-state index contributed by atoms with van der Waals surface area (Å²) < 4.78 is 0. The molecule has 2 rings (SSSR count). The van der Waals surface area contributed by atoms with E-state index in [1.54, 1.807) is 24.3 Å². The molecule has 0 aliphatic carbocycles. The molecule has 88 valence electrons. The largest absolute Gasteiger partial charge is 0.507 e. The molecular weight excluding hydrogens is 216 g/mol. The highest BCUT2D eigenvalue weighted by Gasteiger charge is 2.14. The van der Waals surface area contributed by atoms with Crippen LogP contribution in [0, 0.1) is 0 Å². The lowest BCUT2D eigenvalue weighted by molar-refractivity contribution is 0.404. The van der Waals surface area contributed by atoms with Gasteiger partial charge in [0.2, 0.25) is 0 Å². The minimum Gasteiger partial charge on any atom is -0.507 e. The highest BCUT2D eigenvalue weighted by atomic mass is 16.3. The number of phenolic OH excluding ortho intramolecular Hbond substituents is 3. The van der Waals surface area contributed by atoms with Gasteiger partial charge in [0.25, 0.3) is 0 Å². The lowest BCUT2D eigenvalue weighted by atomic mass is 9.96. The van der Waals surface area contributed by atoms with Crippen LogP contribution in [0.5, 0.6) is 17.2 Å². The van der Waals surface area contributed by atoms with Gasteiger partial charge in [-0.25, -0.2) is 0 Å². The molecule has 2 aromatic rings. The Morgan fingerprint density at radius 2 is 1.53 bits per heavy atom. The first kappa shape index (κ1) is 11.3. The predicted octanol–water partition coefficient (Wildman–Crippen LogP) is 3.03.